The minimum Gasteiger partial charge on any atom is -0.497 e. The van der Waals surface area contributed by atoms with Gasteiger partial charge >= 0.3 is 0 Å². The van der Waals surface area contributed by atoms with E-state index in [0.717, 1.165) is 34.9 Å². The molecule has 0 saturated carbocycles. The average molecular weight is 394 g/mol. The lowest BCUT2D eigenvalue weighted by atomic mass is 9.84. The normalized spacial score (nSPS) is 14.2. The van der Waals surface area contributed by atoms with E-state index in [1.807, 2.05) is 30.3 Å². The van der Waals surface area contributed by atoms with Gasteiger partial charge in [-0.15, -0.1) is 0 Å². The van der Waals surface area contributed by atoms with Crippen molar-refractivity contribution in [2.45, 2.75) is 12.5 Å². The fraction of sp³-hybridized carbons (Fsp3) is 0.115. The predicted octanol–water partition coefficient (Wildman–Crippen LogP) is 5.99. The molecule has 0 amide bonds. The lowest BCUT2D eigenvalue weighted by Crippen LogP contribution is -2.12. The molecule has 0 saturated heterocycles. The maximum Gasteiger partial charge on any atom is 0.223 e. The number of aromatic nitrogens is 1. The van der Waals surface area contributed by atoms with E-state index in [2.05, 4.69) is 64.9 Å². The first kappa shape index (κ1) is 18.3. The van der Waals surface area contributed by atoms with Crippen molar-refractivity contribution in [3.05, 3.63) is 113 Å². The van der Waals surface area contributed by atoms with Gasteiger partial charge in [-0.3, -0.25) is 0 Å². The molecule has 1 unspecified atom stereocenters. The second-order valence-electron chi connectivity index (χ2n) is 7.29. The van der Waals surface area contributed by atoms with Gasteiger partial charge in [0.2, 0.25) is 5.88 Å². The van der Waals surface area contributed by atoms with E-state index in [1.165, 1.54) is 11.1 Å². The highest BCUT2D eigenvalue weighted by Gasteiger charge is 2.28. The maximum absolute atomic E-state index is 6.02. The summed E-state index contributed by atoms with van der Waals surface area (Å²) < 4.78 is 11.2. The molecule has 1 N–H and O–H groups in total. The molecule has 1 aromatic heterocycles. The first-order valence-electron chi connectivity index (χ1n) is 10.0. The molecule has 5 rings (SSSR count). The number of fused-ring (bicyclic) bond motifs is 2. The third-order valence-corrected chi connectivity index (χ3v) is 5.45. The maximum atomic E-state index is 6.02. The number of ether oxygens (including phenoxy) is 2. The van der Waals surface area contributed by atoms with Crippen LogP contribution in [0.25, 0.3) is 0 Å². The van der Waals surface area contributed by atoms with Crippen LogP contribution >= 0.6 is 0 Å². The lowest BCUT2D eigenvalue weighted by molar-refractivity contribution is 0.414. The summed E-state index contributed by atoms with van der Waals surface area (Å²) in [6.45, 7) is 0.760. The van der Waals surface area contributed by atoms with E-state index in [0.29, 0.717) is 5.88 Å². The molecular formula is C26H22N2O2. The zero-order valence-corrected chi connectivity index (χ0v) is 16.7. The second-order valence-corrected chi connectivity index (χ2v) is 7.29. The number of hydrogen-bond acceptors (Lipinski definition) is 4. The molecule has 148 valence electrons. The van der Waals surface area contributed by atoms with Crippen molar-refractivity contribution in [2.24, 2.45) is 0 Å². The van der Waals surface area contributed by atoms with E-state index in [9.17, 15) is 0 Å². The van der Waals surface area contributed by atoms with Crippen LogP contribution in [0.3, 0.4) is 0 Å². The fourth-order valence-electron chi connectivity index (χ4n) is 3.89. The SMILES string of the molecule is COc1ccc(CNc2ccc(C3c4ccccc4Oc4ncccc43)cc2)cc1. The number of methoxy groups -OCH3 is 1. The molecule has 0 fully saturated rings. The van der Waals surface area contributed by atoms with Crippen LogP contribution in [0.2, 0.25) is 0 Å². The number of para-hydroxylation sites is 1. The molecule has 0 aliphatic carbocycles. The molecule has 0 bridgehead atoms. The van der Waals surface area contributed by atoms with E-state index in [4.69, 9.17) is 9.47 Å². The Bertz CT molecular complexity index is 1110. The Labute approximate surface area is 176 Å². The monoisotopic (exact) mass is 394 g/mol. The number of anilines is 1. The number of nitrogens with zero attached hydrogens (tertiary/aromatic N) is 1. The van der Waals surface area contributed by atoms with Gasteiger partial charge in [0.25, 0.3) is 0 Å². The van der Waals surface area contributed by atoms with E-state index < -0.39 is 0 Å². The van der Waals surface area contributed by atoms with Crippen LogP contribution in [0.5, 0.6) is 17.4 Å². The first-order valence-corrected chi connectivity index (χ1v) is 10.0. The fourth-order valence-corrected chi connectivity index (χ4v) is 3.89. The summed E-state index contributed by atoms with van der Waals surface area (Å²) >= 11 is 0. The van der Waals surface area contributed by atoms with Crippen molar-refractivity contribution in [1.29, 1.82) is 0 Å². The van der Waals surface area contributed by atoms with Gasteiger partial charge in [-0.25, -0.2) is 4.98 Å². The van der Waals surface area contributed by atoms with Crippen LogP contribution in [0, 0.1) is 0 Å². The summed E-state index contributed by atoms with van der Waals surface area (Å²) in [6, 6.07) is 29.0. The Hall–Kier alpha value is -3.79. The quantitative estimate of drug-likeness (QED) is 0.398. The van der Waals surface area contributed by atoms with Crippen LogP contribution in [0.1, 0.15) is 28.2 Å². The molecule has 4 nitrogen and oxygen atoms in total. The lowest BCUT2D eigenvalue weighted by Gasteiger charge is -2.27. The molecule has 3 aromatic carbocycles. The van der Waals surface area contributed by atoms with Gasteiger partial charge < -0.3 is 14.8 Å². The summed E-state index contributed by atoms with van der Waals surface area (Å²) in [5.74, 6) is 2.53. The molecule has 0 radical (unpaired) electrons. The molecule has 1 aliphatic rings. The van der Waals surface area contributed by atoms with E-state index in [-0.39, 0.29) is 5.92 Å². The van der Waals surface area contributed by atoms with Gasteiger partial charge in [0.1, 0.15) is 11.5 Å². The van der Waals surface area contributed by atoms with E-state index in [1.54, 1.807) is 13.3 Å². The highest BCUT2D eigenvalue weighted by molar-refractivity contribution is 5.57. The highest BCUT2D eigenvalue weighted by atomic mass is 16.5. The number of benzene rings is 3. The molecule has 1 atom stereocenters. The Morgan fingerprint density at radius 1 is 0.867 bits per heavy atom. The molecule has 1 aliphatic heterocycles. The largest absolute Gasteiger partial charge is 0.497 e. The second kappa shape index (κ2) is 7.91. The topological polar surface area (TPSA) is 43.4 Å². The van der Waals surface area contributed by atoms with Crippen LogP contribution in [0.15, 0.2) is 91.1 Å². The predicted molar refractivity (Wildman–Crippen MR) is 118 cm³/mol. The summed E-state index contributed by atoms with van der Waals surface area (Å²) in [5, 5.41) is 3.49. The molecule has 30 heavy (non-hydrogen) atoms. The van der Waals surface area contributed by atoms with Crippen LogP contribution < -0.4 is 14.8 Å². The van der Waals surface area contributed by atoms with Crippen molar-refractivity contribution >= 4 is 5.69 Å². The summed E-state index contributed by atoms with van der Waals surface area (Å²) in [6.07, 6.45) is 1.77. The Balaban J connectivity index is 1.39. The van der Waals surface area contributed by atoms with Crippen LogP contribution in [-0.2, 0) is 6.54 Å². The zero-order valence-electron chi connectivity index (χ0n) is 16.7. The molecular weight excluding hydrogens is 372 g/mol. The van der Waals surface area contributed by atoms with Crippen molar-refractivity contribution in [3.63, 3.8) is 0 Å². The van der Waals surface area contributed by atoms with Crippen molar-refractivity contribution in [1.82, 2.24) is 4.98 Å². The van der Waals surface area contributed by atoms with Gasteiger partial charge in [-0.2, -0.15) is 0 Å². The van der Waals surface area contributed by atoms with Crippen LogP contribution in [0.4, 0.5) is 5.69 Å². The highest BCUT2D eigenvalue weighted by Crippen LogP contribution is 2.46. The summed E-state index contributed by atoms with van der Waals surface area (Å²) in [7, 11) is 1.68. The van der Waals surface area contributed by atoms with Crippen molar-refractivity contribution in [2.75, 3.05) is 12.4 Å². The van der Waals surface area contributed by atoms with Crippen molar-refractivity contribution < 1.29 is 9.47 Å². The molecule has 4 aromatic rings. The van der Waals surface area contributed by atoms with Gasteiger partial charge in [-0.05, 0) is 47.5 Å². The van der Waals surface area contributed by atoms with Crippen LogP contribution in [-0.4, -0.2) is 12.1 Å². The first-order chi connectivity index (χ1) is 14.8. The third kappa shape index (κ3) is 3.48. The summed E-state index contributed by atoms with van der Waals surface area (Å²) in [4.78, 5) is 4.44. The minimum atomic E-state index is 0.106. The molecule has 4 heteroatoms. The molecule has 2 heterocycles. The number of hydrogen-bond donors (Lipinski definition) is 1. The number of nitrogens with one attached hydrogen (secondary N) is 1. The molecule has 0 spiro atoms. The number of pyridine rings is 1. The van der Waals surface area contributed by atoms with Gasteiger partial charge in [0.05, 0.1) is 7.11 Å². The third-order valence-electron chi connectivity index (χ3n) is 5.45. The average Bonchev–Trinajstić information content (AvgIpc) is 2.82. The number of rotatable bonds is 5. The smallest absolute Gasteiger partial charge is 0.223 e. The Kier molecular flexibility index (Phi) is 4.81. The standard InChI is InChI=1S/C26H22N2O2/c1-29-21-14-8-18(9-15-21)17-28-20-12-10-19(11-13-20)25-22-5-2-3-7-24(22)30-26-23(25)6-4-16-27-26/h2-16,25,28H,17H2,1H3. The Morgan fingerprint density at radius 3 is 2.43 bits per heavy atom. The minimum absolute atomic E-state index is 0.106. The van der Waals surface area contributed by atoms with Gasteiger partial charge in [0.15, 0.2) is 0 Å². The van der Waals surface area contributed by atoms with E-state index >= 15 is 0 Å². The van der Waals surface area contributed by atoms with Gasteiger partial charge in [-0.1, -0.05) is 48.5 Å². The Morgan fingerprint density at radius 2 is 1.63 bits per heavy atom. The van der Waals surface area contributed by atoms with Gasteiger partial charge in [0, 0.05) is 35.5 Å². The zero-order chi connectivity index (χ0) is 20.3. The summed E-state index contributed by atoms with van der Waals surface area (Å²) in [5.41, 5.74) is 5.77. The van der Waals surface area contributed by atoms with Crippen molar-refractivity contribution in [3.8, 4) is 17.4 Å².